The lowest BCUT2D eigenvalue weighted by Crippen LogP contribution is -2.15. The largest absolute Gasteiger partial charge is 0.399 e. The number of rotatable bonds is 2. The molecule has 0 saturated heterocycles. The smallest absolute Gasteiger partial charge is 0.365 e. The maximum absolute atomic E-state index is 11.2. The Morgan fingerprint density at radius 3 is 2.03 bits per heavy atom. The van der Waals surface area contributed by atoms with Gasteiger partial charge in [0.2, 0.25) is 0 Å². The third-order valence-electron chi connectivity index (χ3n) is 3.38. The molecule has 0 unspecified atom stereocenters. The van der Waals surface area contributed by atoms with E-state index in [1.165, 1.54) is 10.2 Å². The number of tetrazole rings is 1. The van der Waals surface area contributed by atoms with E-state index >= 15 is 0 Å². The average Bonchev–Trinajstić information content (AvgIpc) is 3.07. The molecule has 0 radical (unpaired) electrons. The SMILES string of the molecule is C[Si](C)(C)N=[N+]=[N-].Cc1cc(-n2nn[nH]c2=O)ccc1Br.Cc1cc(N)ccc1Br. The van der Waals surface area contributed by atoms with Gasteiger partial charge in [-0.2, -0.15) is 4.68 Å². The maximum atomic E-state index is 11.2. The molecule has 0 atom stereocenters. The number of aromatic nitrogens is 4. The van der Waals surface area contributed by atoms with Gasteiger partial charge in [0.05, 0.1) is 5.69 Å². The Bertz CT molecular complexity index is 1080. The van der Waals surface area contributed by atoms with Gasteiger partial charge in [-0.15, -0.1) is 4.78 Å². The fourth-order valence-electron chi connectivity index (χ4n) is 1.93. The molecular weight excluding hydrogens is 532 g/mol. The molecule has 0 saturated carbocycles. The summed E-state index contributed by atoms with van der Waals surface area (Å²) in [6.45, 7) is 9.94. The number of benzene rings is 2. The second-order valence-electron chi connectivity index (χ2n) is 7.22. The van der Waals surface area contributed by atoms with Gasteiger partial charge in [0, 0.05) is 14.6 Å². The van der Waals surface area contributed by atoms with Crippen molar-refractivity contribution >= 4 is 45.8 Å². The van der Waals surface area contributed by atoms with Gasteiger partial charge < -0.3 is 5.73 Å². The van der Waals surface area contributed by atoms with Crippen LogP contribution in [0.4, 0.5) is 5.69 Å². The summed E-state index contributed by atoms with van der Waals surface area (Å²) in [6.07, 6.45) is 0. The first-order valence-corrected chi connectivity index (χ1v) is 13.8. The van der Waals surface area contributed by atoms with Gasteiger partial charge in [0.25, 0.3) is 0 Å². The van der Waals surface area contributed by atoms with E-state index in [-0.39, 0.29) is 5.69 Å². The van der Waals surface area contributed by atoms with Crippen LogP contribution < -0.4 is 11.4 Å². The summed E-state index contributed by atoms with van der Waals surface area (Å²) >= 11 is 6.75. The molecule has 3 rings (SSSR count). The molecule has 3 N–H and O–H groups in total. The molecule has 0 amide bonds. The van der Waals surface area contributed by atoms with E-state index in [4.69, 9.17) is 11.3 Å². The zero-order valence-corrected chi connectivity index (χ0v) is 21.6. The summed E-state index contributed by atoms with van der Waals surface area (Å²) in [6, 6.07) is 11.3. The molecule has 0 aliphatic rings. The number of aryl methyl sites for hydroxylation is 2. The van der Waals surface area contributed by atoms with Crippen LogP contribution in [-0.4, -0.2) is 28.4 Å². The van der Waals surface area contributed by atoms with Gasteiger partial charge in [-0.1, -0.05) is 51.5 Å². The van der Waals surface area contributed by atoms with E-state index in [0.29, 0.717) is 5.69 Å². The van der Waals surface area contributed by atoms with Crippen LogP contribution in [0, 0.1) is 13.8 Å². The summed E-state index contributed by atoms with van der Waals surface area (Å²) in [5.41, 5.74) is 16.8. The molecule has 1 heterocycles. The molecule has 0 fully saturated rings. The first kappa shape index (κ1) is 25.6. The van der Waals surface area contributed by atoms with Crippen molar-refractivity contribution in [3.05, 3.63) is 77.4 Å². The fourth-order valence-corrected chi connectivity index (χ4v) is 2.69. The summed E-state index contributed by atoms with van der Waals surface area (Å²) in [5, 5.41) is 9.29. The van der Waals surface area contributed by atoms with Crippen molar-refractivity contribution in [2.75, 3.05) is 5.73 Å². The number of azide groups is 1. The van der Waals surface area contributed by atoms with E-state index in [0.717, 1.165) is 20.2 Å². The van der Waals surface area contributed by atoms with Crippen molar-refractivity contribution in [3.8, 4) is 5.69 Å². The summed E-state index contributed by atoms with van der Waals surface area (Å²) in [7, 11) is -1.45. The van der Waals surface area contributed by atoms with Gasteiger partial charge in [0.15, 0.2) is 0 Å². The zero-order chi connectivity index (χ0) is 22.9. The van der Waals surface area contributed by atoms with Crippen molar-refractivity contribution in [3.63, 3.8) is 0 Å². The van der Waals surface area contributed by atoms with Crippen molar-refractivity contribution in [1.82, 2.24) is 20.2 Å². The molecule has 2 aromatic carbocycles. The Kier molecular flexibility index (Phi) is 9.99. The lowest BCUT2D eigenvalue weighted by molar-refractivity contribution is 0.779. The van der Waals surface area contributed by atoms with Crippen molar-refractivity contribution in [1.29, 1.82) is 0 Å². The molecule has 0 aliphatic carbocycles. The molecule has 12 heteroatoms. The molecule has 0 spiro atoms. The Balaban J connectivity index is 0.000000244. The molecule has 3 aromatic rings. The number of nitrogen functional groups attached to an aromatic ring is 1. The van der Waals surface area contributed by atoms with Crippen LogP contribution in [0.25, 0.3) is 16.1 Å². The van der Waals surface area contributed by atoms with Crippen LogP contribution in [0.5, 0.6) is 0 Å². The number of hydrogen-bond acceptors (Lipinski definition) is 5. The molecule has 9 nitrogen and oxygen atoms in total. The van der Waals surface area contributed by atoms with Crippen LogP contribution in [0.2, 0.25) is 19.6 Å². The summed E-state index contributed by atoms with van der Waals surface area (Å²) < 4.78 is 6.89. The monoisotopic (exact) mass is 554 g/mol. The first-order valence-electron chi connectivity index (χ1n) is 8.79. The van der Waals surface area contributed by atoms with Gasteiger partial charge >= 0.3 is 5.69 Å². The number of hydrogen-bond donors (Lipinski definition) is 2. The van der Waals surface area contributed by atoms with Gasteiger partial charge in [-0.05, 0) is 82.2 Å². The number of anilines is 1. The number of halogens is 2. The van der Waals surface area contributed by atoms with E-state index < -0.39 is 8.24 Å². The van der Waals surface area contributed by atoms with E-state index in [1.807, 2.05) is 63.8 Å². The second-order valence-corrected chi connectivity index (χ2v) is 13.5. The number of nitrogens with zero attached hydrogens (tertiary/aromatic N) is 6. The lowest BCUT2D eigenvalue weighted by atomic mass is 10.2. The molecule has 0 bridgehead atoms. The molecule has 30 heavy (non-hydrogen) atoms. The first-order chi connectivity index (χ1) is 13.9. The second kappa shape index (κ2) is 11.7. The quantitative estimate of drug-likeness (QED) is 0.142. The van der Waals surface area contributed by atoms with Gasteiger partial charge in [-0.25, -0.2) is 9.89 Å². The maximum Gasteiger partial charge on any atom is 0.365 e. The van der Waals surface area contributed by atoms with Crippen LogP contribution in [0.1, 0.15) is 11.1 Å². The lowest BCUT2D eigenvalue weighted by Gasteiger charge is -2.01. The molecule has 160 valence electrons. The fraction of sp³-hybridized carbons (Fsp3) is 0.278. The normalized spacial score (nSPS) is 10.1. The number of nitrogens with one attached hydrogen (secondary N) is 1. The van der Waals surface area contributed by atoms with Crippen LogP contribution >= 0.6 is 31.9 Å². The van der Waals surface area contributed by atoms with Crippen molar-refractivity contribution < 1.29 is 0 Å². The van der Waals surface area contributed by atoms with Crippen LogP contribution in [0.3, 0.4) is 0 Å². The highest BCUT2D eigenvalue weighted by Crippen LogP contribution is 2.18. The standard InChI is InChI=1S/C8H7BrN4O.C7H8BrN.C3H9N3Si/c1-5-4-6(2-3-7(5)9)13-8(14)10-11-12-13;1-5-4-6(9)2-3-7(5)8;1-7(2,3)6-5-4/h2-4H,1H3,(H,10,12,14);2-4H,9H2,1H3;1-3H3. The van der Waals surface area contributed by atoms with Crippen LogP contribution in [-0.2, 0) is 0 Å². The van der Waals surface area contributed by atoms with Gasteiger partial charge in [0.1, 0.15) is 8.24 Å². The minimum absolute atomic E-state index is 0.341. The van der Waals surface area contributed by atoms with Crippen molar-refractivity contribution in [2.45, 2.75) is 33.5 Å². The predicted molar refractivity (Wildman–Crippen MR) is 130 cm³/mol. The molecular formula is C18H24Br2N8OSi. The topological polar surface area (TPSA) is 138 Å². The third-order valence-corrected chi connectivity index (χ3v) is 5.85. The highest BCUT2D eigenvalue weighted by atomic mass is 79.9. The van der Waals surface area contributed by atoms with E-state index in [1.54, 1.807) is 6.07 Å². The van der Waals surface area contributed by atoms with E-state index in [2.05, 4.69) is 57.1 Å². The minimum atomic E-state index is -1.45. The summed E-state index contributed by atoms with van der Waals surface area (Å²) in [4.78, 5) is 13.9. The predicted octanol–water partition coefficient (Wildman–Crippen LogP) is 5.50. The molecule has 0 aliphatic heterocycles. The van der Waals surface area contributed by atoms with E-state index in [9.17, 15) is 4.79 Å². The average molecular weight is 556 g/mol. The highest BCUT2D eigenvalue weighted by molar-refractivity contribution is 9.10. The van der Waals surface area contributed by atoms with Crippen molar-refractivity contribution in [2.24, 2.45) is 4.78 Å². The molecule has 1 aromatic heterocycles. The Morgan fingerprint density at radius 2 is 1.67 bits per heavy atom. The Labute approximate surface area is 192 Å². The highest BCUT2D eigenvalue weighted by Gasteiger charge is 2.08. The number of aromatic amines is 1. The minimum Gasteiger partial charge on any atom is -0.399 e. The zero-order valence-electron chi connectivity index (χ0n) is 17.4. The Hall–Kier alpha value is -2.40. The Morgan fingerprint density at radius 1 is 1.10 bits per heavy atom. The third kappa shape index (κ3) is 8.95. The number of H-pyrrole nitrogens is 1. The van der Waals surface area contributed by atoms with Crippen LogP contribution in [0.15, 0.2) is 54.9 Å². The number of nitrogens with two attached hydrogens (primary N) is 1. The summed E-state index contributed by atoms with van der Waals surface area (Å²) in [5.74, 6) is 0. The van der Waals surface area contributed by atoms with Gasteiger partial charge in [-0.3, -0.25) is 0 Å².